The monoisotopic (exact) mass is 258 g/mol. The van der Waals surface area contributed by atoms with Crippen LogP contribution in [0.1, 0.15) is 25.0 Å². The van der Waals surface area contributed by atoms with Gasteiger partial charge in [0.1, 0.15) is 5.82 Å². The highest BCUT2D eigenvalue weighted by Crippen LogP contribution is 2.47. The summed E-state index contributed by atoms with van der Waals surface area (Å²) in [6.45, 7) is 2.07. The van der Waals surface area contributed by atoms with Crippen molar-refractivity contribution >= 4 is 15.9 Å². The molecule has 1 N–H and O–H groups in total. The molecule has 1 aromatic carbocycles. The van der Waals surface area contributed by atoms with Crippen molar-refractivity contribution < 1.29 is 9.50 Å². The molecule has 1 fully saturated rings. The SMILES string of the molecule is CC1CC1C(O)c1cccc(Br)c1F. The van der Waals surface area contributed by atoms with Crippen molar-refractivity contribution in [3.8, 4) is 0 Å². The molecule has 0 radical (unpaired) electrons. The molecule has 3 unspecified atom stereocenters. The Hall–Kier alpha value is -0.410. The smallest absolute Gasteiger partial charge is 0.143 e. The Labute approximate surface area is 91.1 Å². The van der Waals surface area contributed by atoms with Crippen molar-refractivity contribution in [1.29, 1.82) is 0 Å². The van der Waals surface area contributed by atoms with E-state index in [2.05, 4.69) is 22.9 Å². The van der Waals surface area contributed by atoms with Gasteiger partial charge < -0.3 is 5.11 Å². The van der Waals surface area contributed by atoms with Gasteiger partial charge in [-0.1, -0.05) is 19.1 Å². The van der Waals surface area contributed by atoms with Crippen molar-refractivity contribution in [2.24, 2.45) is 11.8 Å². The largest absolute Gasteiger partial charge is 0.388 e. The van der Waals surface area contributed by atoms with Gasteiger partial charge in [-0.2, -0.15) is 0 Å². The summed E-state index contributed by atoms with van der Waals surface area (Å²) in [7, 11) is 0. The van der Waals surface area contributed by atoms with E-state index in [9.17, 15) is 9.50 Å². The molecule has 0 aromatic heterocycles. The Morgan fingerprint density at radius 3 is 2.79 bits per heavy atom. The fourth-order valence-corrected chi connectivity index (χ4v) is 2.15. The summed E-state index contributed by atoms with van der Waals surface area (Å²) in [6.07, 6.45) is 0.343. The molecule has 0 bridgehead atoms. The summed E-state index contributed by atoms with van der Waals surface area (Å²) in [6, 6.07) is 5.04. The summed E-state index contributed by atoms with van der Waals surface area (Å²) in [5, 5.41) is 9.88. The van der Waals surface area contributed by atoms with Gasteiger partial charge in [0.15, 0.2) is 0 Å². The Balaban J connectivity index is 2.27. The van der Waals surface area contributed by atoms with Gasteiger partial charge in [-0.15, -0.1) is 0 Å². The molecule has 76 valence electrons. The number of hydrogen-bond donors (Lipinski definition) is 1. The molecule has 1 saturated carbocycles. The summed E-state index contributed by atoms with van der Waals surface area (Å²) < 4.78 is 14.0. The minimum Gasteiger partial charge on any atom is -0.388 e. The van der Waals surface area contributed by atoms with E-state index < -0.39 is 6.10 Å². The molecule has 0 amide bonds. The maximum Gasteiger partial charge on any atom is 0.143 e. The van der Waals surface area contributed by atoms with E-state index in [-0.39, 0.29) is 11.7 Å². The fourth-order valence-electron chi connectivity index (χ4n) is 1.77. The molecule has 3 heteroatoms. The lowest BCUT2D eigenvalue weighted by atomic mass is 10.0. The van der Waals surface area contributed by atoms with Crippen molar-refractivity contribution in [2.45, 2.75) is 19.4 Å². The van der Waals surface area contributed by atoms with Gasteiger partial charge in [-0.3, -0.25) is 0 Å². The number of halogens is 2. The molecule has 0 saturated heterocycles. The van der Waals surface area contributed by atoms with Crippen molar-refractivity contribution in [3.63, 3.8) is 0 Å². The van der Waals surface area contributed by atoms with Crippen LogP contribution in [0.3, 0.4) is 0 Å². The van der Waals surface area contributed by atoms with E-state index >= 15 is 0 Å². The maximum atomic E-state index is 13.6. The molecule has 14 heavy (non-hydrogen) atoms. The first-order valence-electron chi connectivity index (χ1n) is 4.73. The molecule has 0 spiro atoms. The van der Waals surface area contributed by atoms with E-state index in [4.69, 9.17) is 0 Å². The van der Waals surface area contributed by atoms with E-state index in [0.717, 1.165) is 6.42 Å². The van der Waals surface area contributed by atoms with Crippen molar-refractivity contribution in [1.82, 2.24) is 0 Å². The van der Waals surface area contributed by atoms with E-state index in [0.29, 0.717) is 16.0 Å². The molecule has 3 atom stereocenters. The zero-order chi connectivity index (χ0) is 10.3. The lowest BCUT2D eigenvalue weighted by Crippen LogP contribution is -2.04. The first-order valence-corrected chi connectivity index (χ1v) is 5.52. The Kier molecular flexibility index (Phi) is 2.62. The van der Waals surface area contributed by atoms with Crippen LogP contribution < -0.4 is 0 Å². The van der Waals surface area contributed by atoms with Gasteiger partial charge in [0.25, 0.3) is 0 Å². The summed E-state index contributed by atoms with van der Waals surface area (Å²) >= 11 is 3.11. The van der Waals surface area contributed by atoms with Crippen LogP contribution in [-0.4, -0.2) is 5.11 Å². The van der Waals surface area contributed by atoms with Crippen molar-refractivity contribution in [2.75, 3.05) is 0 Å². The summed E-state index contributed by atoms with van der Waals surface area (Å²) in [5.74, 6) is 0.418. The number of hydrogen-bond acceptors (Lipinski definition) is 1. The van der Waals surface area contributed by atoms with E-state index in [1.807, 2.05) is 0 Å². The molecular formula is C11H12BrFO. The molecule has 0 heterocycles. The first-order chi connectivity index (χ1) is 6.61. The average Bonchev–Trinajstić information content (AvgIpc) is 2.87. The standard InChI is InChI=1S/C11H12BrFO/c1-6-5-8(6)11(14)7-3-2-4-9(12)10(7)13/h2-4,6,8,11,14H,5H2,1H3. The van der Waals surface area contributed by atoms with Crippen LogP contribution >= 0.6 is 15.9 Å². The van der Waals surface area contributed by atoms with Crippen LogP contribution in [0.25, 0.3) is 0 Å². The van der Waals surface area contributed by atoms with Crippen LogP contribution in [-0.2, 0) is 0 Å². The molecule has 1 aliphatic carbocycles. The fraction of sp³-hybridized carbons (Fsp3) is 0.455. The second-order valence-electron chi connectivity index (χ2n) is 3.96. The summed E-state index contributed by atoms with van der Waals surface area (Å²) in [4.78, 5) is 0. The zero-order valence-corrected chi connectivity index (χ0v) is 9.46. The maximum absolute atomic E-state index is 13.6. The lowest BCUT2D eigenvalue weighted by molar-refractivity contribution is 0.143. The molecular weight excluding hydrogens is 247 g/mol. The second kappa shape index (κ2) is 3.63. The Morgan fingerprint density at radius 2 is 2.21 bits per heavy atom. The topological polar surface area (TPSA) is 20.2 Å². The zero-order valence-electron chi connectivity index (χ0n) is 7.87. The van der Waals surface area contributed by atoms with Gasteiger partial charge >= 0.3 is 0 Å². The molecule has 1 aliphatic rings. The van der Waals surface area contributed by atoms with Gasteiger partial charge in [-0.25, -0.2) is 4.39 Å². The van der Waals surface area contributed by atoms with Gasteiger partial charge in [0, 0.05) is 5.56 Å². The number of aliphatic hydroxyl groups excluding tert-OH is 1. The van der Waals surface area contributed by atoms with Crippen LogP contribution in [0.4, 0.5) is 4.39 Å². The highest BCUT2D eigenvalue weighted by atomic mass is 79.9. The van der Waals surface area contributed by atoms with Crippen molar-refractivity contribution in [3.05, 3.63) is 34.1 Å². The van der Waals surface area contributed by atoms with Crippen LogP contribution in [0.2, 0.25) is 0 Å². The lowest BCUT2D eigenvalue weighted by Gasteiger charge is -2.11. The Morgan fingerprint density at radius 1 is 1.57 bits per heavy atom. The van der Waals surface area contributed by atoms with E-state index in [1.54, 1.807) is 18.2 Å². The quantitative estimate of drug-likeness (QED) is 0.864. The number of rotatable bonds is 2. The molecule has 0 aliphatic heterocycles. The average molecular weight is 259 g/mol. The number of benzene rings is 1. The highest BCUT2D eigenvalue weighted by molar-refractivity contribution is 9.10. The van der Waals surface area contributed by atoms with Crippen LogP contribution in [0, 0.1) is 17.7 Å². The van der Waals surface area contributed by atoms with Crippen LogP contribution in [0.5, 0.6) is 0 Å². The third-order valence-corrected chi connectivity index (χ3v) is 3.49. The molecule has 1 nitrogen and oxygen atoms in total. The highest BCUT2D eigenvalue weighted by Gasteiger charge is 2.40. The predicted molar refractivity (Wildman–Crippen MR) is 56.3 cm³/mol. The normalized spacial score (nSPS) is 27.4. The first kappa shape index (κ1) is 10.1. The molecule has 1 aromatic rings. The second-order valence-corrected chi connectivity index (χ2v) is 4.82. The van der Waals surface area contributed by atoms with E-state index in [1.165, 1.54) is 0 Å². The Bertz CT molecular complexity index is 353. The van der Waals surface area contributed by atoms with Gasteiger partial charge in [0.05, 0.1) is 10.6 Å². The molecule has 2 rings (SSSR count). The van der Waals surface area contributed by atoms with Crippen LogP contribution in [0.15, 0.2) is 22.7 Å². The summed E-state index contributed by atoms with van der Waals surface area (Å²) in [5.41, 5.74) is 0.411. The minimum absolute atomic E-state index is 0.235. The predicted octanol–water partition coefficient (Wildman–Crippen LogP) is 3.28. The van der Waals surface area contributed by atoms with Gasteiger partial charge in [0.2, 0.25) is 0 Å². The minimum atomic E-state index is -0.650. The third kappa shape index (κ3) is 1.71. The third-order valence-electron chi connectivity index (χ3n) is 2.88. The van der Waals surface area contributed by atoms with Gasteiger partial charge in [-0.05, 0) is 40.3 Å². The number of aliphatic hydroxyl groups is 1.